The van der Waals surface area contributed by atoms with Gasteiger partial charge in [0.15, 0.2) is 0 Å². The standard InChI is InChI=1S/C18H13NOS/c1-19-17-15(10-5-11-16(17)21-18(19)20)14-9-4-7-12-6-2-3-8-13(12)14/h2-11H,1H3. The van der Waals surface area contributed by atoms with E-state index in [2.05, 4.69) is 42.5 Å². The normalized spacial score (nSPS) is 11.3. The first-order valence-corrected chi connectivity index (χ1v) is 7.64. The molecule has 2 nitrogen and oxygen atoms in total. The fraction of sp³-hybridized carbons (Fsp3) is 0.0556. The molecule has 4 rings (SSSR count). The first-order chi connectivity index (χ1) is 10.3. The summed E-state index contributed by atoms with van der Waals surface area (Å²) in [7, 11) is 1.84. The Morgan fingerprint density at radius 1 is 0.857 bits per heavy atom. The van der Waals surface area contributed by atoms with Gasteiger partial charge in [0.25, 0.3) is 0 Å². The maximum absolute atomic E-state index is 12.0. The van der Waals surface area contributed by atoms with Gasteiger partial charge in [-0.2, -0.15) is 0 Å². The second-order valence-corrected chi connectivity index (χ2v) is 6.10. The molecule has 21 heavy (non-hydrogen) atoms. The Labute approximate surface area is 125 Å². The van der Waals surface area contributed by atoms with E-state index in [0.29, 0.717) is 0 Å². The van der Waals surface area contributed by atoms with Gasteiger partial charge in [0.1, 0.15) is 0 Å². The first-order valence-electron chi connectivity index (χ1n) is 6.82. The fourth-order valence-corrected chi connectivity index (χ4v) is 3.79. The average molecular weight is 291 g/mol. The predicted molar refractivity (Wildman–Crippen MR) is 90.0 cm³/mol. The van der Waals surface area contributed by atoms with Crippen molar-refractivity contribution in [2.24, 2.45) is 7.05 Å². The molecule has 0 atom stereocenters. The van der Waals surface area contributed by atoms with Crippen LogP contribution in [0.5, 0.6) is 0 Å². The van der Waals surface area contributed by atoms with Crippen LogP contribution in [0.1, 0.15) is 0 Å². The minimum absolute atomic E-state index is 0.0812. The molecule has 0 amide bonds. The molecule has 0 N–H and O–H groups in total. The fourth-order valence-electron chi connectivity index (χ4n) is 2.88. The van der Waals surface area contributed by atoms with E-state index in [-0.39, 0.29) is 4.87 Å². The lowest BCUT2D eigenvalue weighted by atomic mass is 9.97. The van der Waals surface area contributed by atoms with Crippen molar-refractivity contribution < 1.29 is 0 Å². The van der Waals surface area contributed by atoms with Crippen LogP contribution in [-0.2, 0) is 7.05 Å². The molecule has 0 unspecified atom stereocenters. The summed E-state index contributed by atoms with van der Waals surface area (Å²) in [6.07, 6.45) is 0. The molecule has 4 aromatic rings. The summed E-state index contributed by atoms with van der Waals surface area (Å²) in [6.45, 7) is 0. The number of fused-ring (bicyclic) bond motifs is 2. The minimum atomic E-state index is 0.0812. The van der Waals surface area contributed by atoms with Gasteiger partial charge in [-0.3, -0.25) is 4.79 Å². The molecule has 0 bridgehead atoms. The monoisotopic (exact) mass is 291 g/mol. The molecule has 0 fully saturated rings. The number of benzene rings is 3. The molecule has 0 aliphatic heterocycles. The highest BCUT2D eigenvalue weighted by atomic mass is 32.1. The minimum Gasteiger partial charge on any atom is -0.301 e. The van der Waals surface area contributed by atoms with Gasteiger partial charge in [-0.1, -0.05) is 65.9 Å². The van der Waals surface area contributed by atoms with Crippen molar-refractivity contribution in [3.8, 4) is 11.1 Å². The van der Waals surface area contributed by atoms with Crippen molar-refractivity contribution in [2.75, 3.05) is 0 Å². The van der Waals surface area contributed by atoms with Gasteiger partial charge >= 0.3 is 4.87 Å². The third-order valence-corrected chi connectivity index (χ3v) is 4.88. The molecule has 0 spiro atoms. The van der Waals surface area contributed by atoms with Crippen molar-refractivity contribution in [2.45, 2.75) is 0 Å². The van der Waals surface area contributed by atoms with Gasteiger partial charge in [0.2, 0.25) is 0 Å². The summed E-state index contributed by atoms with van der Waals surface area (Å²) in [4.78, 5) is 12.0. The van der Waals surface area contributed by atoms with Crippen LogP contribution in [0.15, 0.2) is 65.5 Å². The van der Waals surface area contributed by atoms with Crippen LogP contribution in [-0.4, -0.2) is 4.57 Å². The predicted octanol–water partition coefficient (Wildman–Crippen LogP) is 4.42. The van der Waals surface area contributed by atoms with Crippen molar-refractivity contribution in [3.05, 3.63) is 70.3 Å². The van der Waals surface area contributed by atoms with E-state index in [9.17, 15) is 4.79 Å². The number of hydrogen-bond acceptors (Lipinski definition) is 2. The van der Waals surface area contributed by atoms with Gasteiger partial charge in [-0.25, -0.2) is 0 Å². The molecule has 0 saturated heterocycles. The van der Waals surface area contributed by atoms with Crippen LogP contribution in [0.25, 0.3) is 32.1 Å². The Kier molecular flexibility index (Phi) is 2.69. The van der Waals surface area contributed by atoms with E-state index in [4.69, 9.17) is 0 Å². The van der Waals surface area contributed by atoms with Crippen LogP contribution in [0.4, 0.5) is 0 Å². The Balaban J connectivity index is 2.17. The Morgan fingerprint density at radius 3 is 2.48 bits per heavy atom. The molecule has 1 heterocycles. The number of aryl methyl sites for hydroxylation is 1. The first kappa shape index (κ1) is 12.4. The lowest BCUT2D eigenvalue weighted by molar-refractivity contribution is 0.939. The maximum Gasteiger partial charge on any atom is 0.307 e. The van der Waals surface area contributed by atoms with Gasteiger partial charge in [-0.05, 0) is 22.4 Å². The zero-order valence-electron chi connectivity index (χ0n) is 11.5. The van der Waals surface area contributed by atoms with Crippen LogP contribution in [0.2, 0.25) is 0 Å². The summed E-state index contributed by atoms with van der Waals surface area (Å²) in [5, 5.41) is 2.43. The molecule has 0 aliphatic carbocycles. The van der Waals surface area contributed by atoms with E-state index in [1.165, 1.54) is 27.7 Å². The van der Waals surface area contributed by atoms with Crippen molar-refractivity contribution >= 4 is 32.3 Å². The number of nitrogens with zero attached hydrogens (tertiary/aromatic N) is 1. The highest BCUT2D eigenvalue weighted by Crippen LogP contribution is 2.34. The summed E-state index contributed by atoms with van der Waals surface area (Å²) in [6, 6.07) is 20.8. The topological polar surface area (TPSA) is 22.0 Å². The highest BCUT2D eigenvalue weighted by molar-refractivity contribution is 7.16. The smallest absolute Gasteiger partial charge is 0.301 e. The second-order valence-electron chi connectivity index (χ2n) is 5.11. The Morgan fingerprint density at radius 2 is 1.57 bits per heavy atom. The van der Waals surface area contributed by atoms with Gasteiger partial charge in [0.05, 0.1) is 10.2 Å². The average Bonchev–Trinajstić information content (AvgIpc) is 2.82. The zero-order chi connectivity index (χ0) is 14.4. The van der Waals surface area contributed by atoms with E-state index in [1.807, 2.05) is 25.2 Å². The number of hydrogen-bond donors (Lipinski definition) is 0. The van der Waals surface area contributed by atoms with E-state index in [1.54, 1.807) is 4.57 Å². The third kappa shape index (κ3) is 1.82. The number of rotatable bonds is 1. The van der Waals surface area contributed by atoms with Crippen LogP contribution >= 0.6 is 11.3 Å². The van der Waals surface area contributed by atoms with Gasteiger partial charge in [0, 0.05) is 12.6 Å². The molecular formula is C18H13NOS. The van der Waals surface area contributed by atoms with Crippen molar-refractivity contribution in [1.82, 2.24) is 4.57 Å². The van der Waals surface area contributed by atoms with Crippen LogP contribution < -0.4 is 4.87 Å². The number of aromatic nitrogens is 1. The van der Waals surface area contributed by atoms with Gasteiger partial charge < -0.3 is 4.57 Å². The third-order valence-electron chi connectivity index (χ3n) is 3.89. The molecule has 3 heteroatoms. The zero-order valence-corrected chi connectivity index (χ0v) is 12.4. The molecule has 0 radical (unpaired) electrons. The second kappa shape index (κ2) is 4.57. The van der Waals surface area contributed by atoms with E-state index in [0.717, 1.165) is 15.8 Å². The maximum atomic E-state index is 12.0. The lowest BCUT2D eigenvalue weighted by Gasteiger charge is -2.09. The Hall–Kier alpha value is -2.39. The van der Waals surface area contributed by atoms with Crippen molar-refractivity contribution in [3.63, 3.8) is 0 Å². The largest absolute Gasteiger partial charge is 0.307 e. The lowest BCUT2D eigenvalue weighted by Crippen LogP contribution is -2.07. The molecule has 3 aromatic carbocycles. The van der Waals surface area contributed by atoms with E-state index < -0.39 is 0 Å². The molecular weight excluding hydrogens is 278 g/mol. The SMILES string of the molecule is Cn1c(=O)sc2cccc(-c3cccc4ccccc34)c21. The van der Waals surface area contributed by atoms with Gasteiger partial charge in [-0.15, -0.1) is 0 Å². The molecule has 0 aliphatic rings. The van der Waals surface area contributed by atoms with Crippen LogP contribution in [0, 0.1) is 0 Å². The molecule has 1 aromatic heterocycles. The quantitative estimate of drug-likeness (QED) is 0.509. The Bertz CT molecular complexity index is 1020. The summed E-state index contributed by atoms with van der Waals surface area (Å²) in [5.41, 5.74) is 3.31. The number of para-hydroxylation sites is 1. The molecule has 102 valence electrons. The summed E-state index contributed by atoms with van der Waals surface area (Å²) in [5.74, 6) is 0. The van der Waals surface area contributed by atoms with Crippen LogP contribution in [0.3, 0.4) is 0 Å². The van der Waals surface area contributed by atoms with E-state index >= 15 is 0 Å². The highest BCUT2D eigenvalue weighted by Gasteiger charge is 2.12. The molecule has 0 saturated carbocycles. The summed E-state index contributed by atoms with van der Waals surface area (Å²) < 4.78 is 2.78. The number of thiazole rings is 1. The van der Waals surface area contributed by atoms with Crippen molar-refractivity contribution in [1.29, 1.82) is 0 Å². The summed E-state index contributed by atoms with van der Waals surface area (Å²) >= 11 is 1.30.